The highest BCUT2D eigenvalue weighted by Gasteiger charge is 2.17. The summed E-state index contributed by atoms with van der Waals surface area (Å²) in [5.41, 5.74) is 0.694. The van der Waals surface area contributed by atoms with E-state index in [0.717, 1.165) is 31.6 Å². The summed E-state index contributed by atoms with van der Waals surface area (Å²) in [6.07, 6.45) is 3.37. The van der Waals surface area contributed by atoms with E-state index in [9.17, 15) is 12.8 Å². The average Bonchev–Trinajstić information content (AvgIpc) is 2.38. The predicted octanol–water partition coefficient (Wildman–Crippen LogP) is 1.95. The minimum atomic E-state index is -3.48. The molecule has 5 nitrogen and oxygen atoms in total. The zero-order valence-corrected chi connectivity index (χ0v) is 13.2. The lowest BCUT2D eigenvalue weighted by Crippen LogP contribution is -2.35. The maximum absolute atomic E-state index is 13.6. The summed E-state index contributed by atoms with van der Waals surface area (Å²) in [4.78, 5) is 2.30. The normalized spacial score (nSPS) is 20.2. The molecule has 1 aliphatic heterocycles. The molecule has 1 saturated heterocycles. The maximum atomic E-state index is 13.6. The zero-order chi connectivity index (χ0) is 15.5. The molecule has 0 aliphatic carbocycles. The van der Waals surface area contributed by atoms with Crippen molar-refractivity contribution >= 4 is 21.4 Å². The van der Waals surface area contributed by atoms with E-state index in [-0.39, 0.29) is 5.69 Å². The molecule has 0 bridgehead atoms. The third-order valence-corrected chi connectivity index (χ3v) is 4.17. The smallest absolute Gasteiger partial charge is 0.229 e. The van der Waals surface area contributed by atoms with Gasteiger partial charge in [0.1, 0.15) is 5.82 Å². The van der Waals surface area contributed by atoms with Gasteiger partial charge in [0.05, 0.1) is 11.9 Å². The number of anilines is 2. The molecular formula is C14H22FN3O2S. The molecule has 0 aromatic heterocycles. The van der Waals surface area contributed by atoms with Crippen molar-refractivity contribution in [3.63, 3.8) is 0 Å². The number of sulfonamides is 1. The van der Waals surface area contributed by atoms with Crippen LogP contribution in [0.5, 0.6) is 0 Å². The van der Waals surface area contributed by atoms with Crippen LogP contribution in [0, 0.1) is 11.7 Å². The van der Waals surface area contributed by atoms with Crippen LogP contribution >= 0.6 is 0 Å². The molecule has 1 heterocycles. The van der Waals surface area contributed by atoms with E-state index in [1.54, 1.807) is 6.07 Å². The minimum Gasteiger partial charge on any atom is -0.385 e. The fourth-order valence-electron chi connectivity index (χ4n) is 2.62. The van der Waals surface area contributed by atoms with Gasteiger partial charge in [-0.1, -0.05) is 0 Å². The molecule has 1 aromatic carbocycles. The average molecular weight is 315 g/mol. The second kappa shape index (κ2) is 6.62. The van der Waals surface area contributed by atoms with Crippen LogP contribution in [0.3, 0.4) is 0 Å². The second-order valence-electron chi connectivity index (χ2n) is 5.72. The molecule has 2 rings (SSSR count). The zero-order valence-electron chi connectivity index (χ0n) is 12.4. The summed E-state index contributed by atoms with van der Waals surface area (Å²) in [5, 5.41) is 3.26. The highest BCUT2D eigenvalue weighted by molar-refractivity contribution is 7.92. The van der Waals surface area contributed by atoms with E-state index in [2.05, 4.69) is 22.0 Å². The SMILES string of the molecule is CN1CCCC(CNc2ccc(F)c(NS(C)(=O)=O)c2)C1. The Kier molecular flexibility index (Phi) is 5.05. The number of rotatable bonds is 5. The van der Waals surface area contributed by atoms with Crippen molar-refractivity contribution in [2.24, 2.45) is 5.92 Å². The summed E-state index contributed by atoms with van der Waals surface area (Å²) in [7, 11) is -1.37. The highest BCUT2D eigenvalue weighted by atomic mass is 32.2. The van der Waals surface area contributed by atoms with Gasteiger partial charge in [0.25, 0.3) is 0 Å². The van der Waals surface area contributed by atoms with Crippen molar-refractivity contribution in [3.8, 4) is 0 Å². The Morgan fingerprint density at radius 1 is 1.43 bits per heavy atom. The van der Waals surface area contributed by atoms with Crippen LogP contribution < -0.4 is 10.0 Å². The van der Waals surface area contributed by atoms with E-state index in [4.69, 9.17) is 0 Å². The van der Waals surface area contributed by atoms with Gasteiger partial charge >= 0.3 is 0 Å². The van der Waals surface area contributed by atoms with Crippen molar-refractivity contribution in [1.29, 1.82) is 0 Å². The van der Waals surface area contributed by atoms with Crippen molar-refractivity contribution < 1.29 is 12.8 Å². The maximum Gasteiger partial charge on any atom is 0.229 e. The van der Waals surface area contributed by atoms with Gasteiger partial charge in [-0.15, -0.1) is 0 Å². The molecule has 2 N–H and O–H groups in total. The van der Waals surface area contributed by atoms with Crippen molar-refractivity contribution in [1.82, 2.24) is 4.90 Å². The summed E-state index contributed by atoms with van der Waals surface area (Å²) >= 11 is 0. The number of hydrogen-bond donors (Lipinski definition) is 2. The Balaban J connectivity index is 1.99. The van der Waals surface area contributed by atoms with Gasteiger partial charge in [0.15, 0.2) is 0 Å². The number of likely N-dealkylation sites (tertiary alicyclic amines) is 1. The van der Waals surface area contributed by atoms with Gasteiger partial charge in [-0.05, 0) is 50.6 Å². The monoisotopic (exact) mass is 315 g/mol. The van der Waals surface area contributed by atoms with Crippen LogP contribution in [-0.2, 0) is 10.0 Å². The third-order valence-electron chi connectivity index (χ3n) is 3.58. The first kappa shape index (κ1) is 16.0. The summed E-state index contributed by atoms with van der Waals surface area (Å²) in [6, 6.07) is 4.38. The Bertz CT molecular complexity index is 592. The summed E-state index contributed by atoms with van der Waals surface area (Å²) < 4.78 is 38.2. The first-order valence-electron chi connectivity index (χ1n) is 7.03. The van der Waals surface area contributed by atoms with E-state index < -0.39 is 15.8 Å². The molecule has 0 radical (unpaired) electrons. The van der Waals surface area contributed by atoms with Gasteiger partial charge in [-0.2, -0.15) is 0 Å². The van der Waals surface area contributed by atoms with Crippen LogP contribution in [0.25, 0.3) is 0 Å². The van der Waals surface area contributed by atoms with Gasteiger partial charge < -0.3 is 10.2 Å². The molecule has 7 heteroatoms. The molecule has 118 valence electrons. The Morgan fingerprint density at radius 2 is 2.19 bits per heavy atom. The second-order valence-corrected chi connectivity index (χ2v) is 7.47. The number of hydrogen-bond acceptors (Lipinski definition) is 4. The van der Waals surface area contributed by atoms with Crippen LogP contribution in [0.4, 0.5) is 15.8 Å². The number of piperidine rings is 1. The fraction of sp³-hybridized carbons (Fsp3) is 0.571. The fourth-order valence-corrected chi connectivity index (χ4v) is 3.17. The van der Waals surface area contributed by atoms with Crippen LogP contribution in [0.1, 0.15) is 12.8 Å². The molecule has 1 atom stereocenters. The Hall–Kier alpha value is -1.34. The number of halogens is 1. The number of nitrogens with one attached hydrogen (secondary N) is 2. The molecule has 0 saturated carbocycles. The third kappa shape index (κ3) is 5.17. The van der Waals surface area contributed by atoms with E-state index in [1.165, 1.54) is 25.0 Å². The molecular weight excluding hydrogens is 293 g/mol. The largest absolute Gasteiger partial charge is 0.385 e. The van der Waals surface area contributed by atoms with Gasteiger partial charge in [-0.3, -0.25) is 4.72 Å². The predicted molar refractivity (Wildman–Crippen MR) is 83.6 cm³/mol. The minimum absolute atomic E-state index is 0.0248. The van der Waals surface area contributed by atoms with Crippen LogP contribution in [-0.4, -0.2) is 46.3 Å². The highest BCUT2D eigenvalue weighted by Crippen LogP contribution is 2.22. The van der Waals surface area contributed by atoms with Crippen LogP contribution in [0.2, 0.25) is 0 Å². The Morgan fingerprint density at radius 3 is 2.86 bits per heavy atom. The van der Waals surface area contributed by atoms with Crippen molar-refractivity contribution in [2.75, 3.05) is 43.0 Å². The summed E-state index contributed by atoms with van der Waals surface area (Å²) in [5.74, 6) is -0.0245. The van der Waals surface area contributed by atoms with Gasteiger partial charge in [0.2, 0.25) is 10.0 Å². The molecule has 0 amide bonds. The van der Waals surface area contributed by atoms with E-state index in [0.29, 0.717) is 5.92 Å². The molecule has 1 aromatic rings. The Labute approximate surface area is 125 Å². The van der Waals surface area contributed by atoms with E-state index in [1.807, 2.05) is 0 Å². The molecule has 1 unspecified atom stereocenters. The van der Waals surface area contributed by atoms with Crippen molar-refractivity contribution in [3.05, 3.63) is 24.0 Å². The molecule has 1 fully saturated rings. The van der Waals surface area contributed by atoms with Gasteiger partial charge in [0, 0.05) is 18.8 Å². The van der Waals surface area contributed by atoms with Crippen LogP contribution in [0.15, 0.2) is 18.2 Å². The van der Waals surface area contributed by atoms with Crippen molar-refractivity contribution in [2.45, 2.75) is 12.8 Å². The quantitative estimate of drug-likeness (QED) is 0.872. The lowest BCUT2D eigenvalue weighted by Gasteiger charge is -2.30. The lowest BCUT2D eigenvalue weighted by atomic mass is 9.98. The number of nitrogens with zero attached hydrogens (tertiary/aromatic N) is 1. The van der Waals surface area contributed by atoms with E-state index >= 15 is 0 Å². The topological polar surface area (TPSA) is 61.4 Å². The lowest BCUT2D eigenvalue weighted by molar-refractivity contribution is 0.217. The molecule has 1 aliphatic rings. The summed E-state index contributed by atoms with van der Waals surface area (Å²) in [6.45, 7) is 2.98. The first-order valence-corrected chi connectivity index (χ1v) is 8.92. The number of benzene rings is 1. The van der Waals surface area contributed by atoms with Gasteiger partial charge in [-0.25, -0.2) is 12.8 Å². The molecule has 21 heavy (non-hydrogen) atoms. The first-order chi connectivity index (χ1) is 9.83. The standard InChI is InChI=1S/C14H22FN3O2S/c1-18-7-3-4-11(10-18)9-16-12-5-6-13(15)14(8-12)17-21(2,19)20/h5-6,8,11,16-17H,3-4,7,9-10H2,1-2H3. The molecule has 0 spiro atoms.